The molecule has 0 spiro atoms. The van der Waals surface area contributed by atoms with Gasteiger partial charge in [0.25, 0.3) is 0 Å². The molecule has 0 fully saturated rings. The Morgan fingerprint density at radius 2 is 1.89 bits per heavy atom. The molecule has 0 saturated carbocycles. The minimum Gasteiger partial charge on any atom is -0.398 e. The van der Waals surface area contributed by atoms with Crippen LogP contribution in [0, 0.1) is 13.8 Å². The Bertz CT molecular complexity index is 620. The molecule has 0 aliphatic carbocycles. The summed E-state index contributed by atoms with van der Waals surface area (Å²) >= 11 is 5.85. The molecule has 2 rings (SSSR count). The number of ketones is 1. The van der Waals surface area contributed by atoms with Crippen molar-refractivity contribution in [2.24, 2.45) is 0 Å². The van der Waals surface area contributed by atoms with E-state index in [2.05, 4.69) is 0 Å². The van der Waals surface area contributed by atoms with Gasteiger partial charge in [-0.2, -0.15) is 0 Å². The van der Waals surface area contributed by atoms with Crippen molar-refractivity contribution in [1.29, 1.82) is 0 Å². The predicted molar refractivity (Wildman–Crippen MR) is 75.2 cm³/mol. The van der Waals surface area contributed by atoms with Crippen molar-refractivity contribution < 1.29 is 4.79 Å². The van der Waals surface area contributed by atoms with E-state index in [0.29, 0.717) is 21.8 Å². The van der Waals surface area contributed by atoms with Crippen LogP contribution in [0.5, 0.6) is 0 Å². The molecule has 0 aromatic heterocycles. The van der Waals surface area contributed by atoms with Crippen molar-refractivity contribution in [3.63, 3.8) is 0 Å². The number of rotatable bonds is 2. The number of hydrogen-bond donors (Lipinski definition) is 1. The minimum atomic E-state index is -0.0282. The maximum atomic E-state index is 12.4. The third kappa shape index (κ3) is 2.24. The van der Waals surface area contributed by atoms with Gasteiger partial charge in [-0.15, -0.1) is 0 Å². The Balaban J connectivity index is 2.48. The van der Waals surface area contributed by atoms with Gasteiger partial charge in [0.2, 0.25) is 0 Å². The molecule has 0 unspecified atom stereocenters. The van der Waals surface area contributed by atoms with E-state index in [-0.39, 0.29) is 5.78 Å². The van der Waals surface area contributed by atoms with E-state index < -0.39 is 0 Å². The van der Waals surface area contributed by atoms with Crippen molar-refractivity contribution in [3.05, 3.63) is 63.7 Å². The van der Waals surface area contributed by atoms with Crippen LogP contribution in [0.1, 0.15) is 27.0 Å². The standard InChI is InChI=1S/C15H14ClNO/c1-9-4-3-5-12(10(9)2)15(18)11-6-7-13(16)14(17)8-11/h3-8H,17H2,1-2H3. The smallest absolute Gasteiger partial charge is 0.193 e. The number of carbonyl (C=O) groups is 1. The second-order valence-corrected chi connectivity index (χ2v) is 4.72. The molecule has 3 heteroatoms. The Hall–Kier alpha value is -1.80. The van der Waals surface area contributed by atoms with Crippen molar-refractivity contribution in [2.45, 2.75) is 13.8 Å². The van der Waals surface area contributed by atoms with Gasteiger partial charge in [0.15, 0.2) is 5.78 Å². The molecule has 2 aromatic carbocycles. The Kier molecular flexibility index (Phi) is 3.39. The maximum Gasteiger partial charge on any atom is 0.193 e. The van der Waals surface area contributed by atoms with Crippen LogP contribution in [-0.2, 0) is 0 Å². The van der Waals surface area contributed by atoms with Gasteiger partial charge in [0, 0.05) is 11.1 Å². The molecule has 0 aliphatic rings. The second-order valence-electron chi connectivity index (χ2n) is 4.31. The van der Waals surface area contributed by atoms with Gasteiger partial charge in [0.1, 0.15) is 0 Å². The van der Waals surface area contributed by atoms with E-state index in [9.17, 15) is 4.79 Å². The van der Waals surface area contributed by atoms with Crippen molar-refractivity contribution in [2.75, 3.05) is 5.73 Å². The molecule has 0 aliphatic heterocycles. The summed E-state index contributed by atoms with van der Waals surface area (Å²) in [6, 6.07) is 10.7. The third-order valence-electron chi connectivity index (χ3n) is 3.11. The van der Waals surface area contributed by atoms with Gasteiger partial charge in [0.05, 0.1) is 10.7 Å². The number of halogens is 1. The minimum absolute atomic E-state index is 0.0282. The van der Waals surface area contributed by atoms with Gasteiger partial charge in [-0.25, -0.2) is 0 Å². The fourth-order valence-corrected chi connectivity index (χ4v) is 1.96. The van der Waals surface area contributed by atoms with Crippen LogP contribution in [0.15, 0.2) is 36.4 Å². The number of nitrogens with two attached hydrogens (primary N) is 1. The van der Waals surface area contributed by atoms with Crippen LogP contribution in [0.3, 0.4) is 0 Å². The molecule has 92 valence electrons. The molecule has 2 aromatic rings. The normalized spacial score (nSPS) is 10.4. The summed E-state index contributed by atoms with van der Waals surface area (Å²) in [5.41, 5.74) is 9.51. The molecule has 18 heavy (non-hydrogen) atoms. The molecule has 0 radical (unpaired) electrons. The molecule has 0 amide bonds. The first-order valence-corrected chi connectivity index (χ1v) is 6.04. The molecule has 0 saturated heterocycles. The highest BCUT2D eigenvalue weighted by molar-refractivity contribution is 6.33. The SMILES string of the molecule is Cc1cccc(C(=O)c2ccc(Cl)c(N)c2)c1C. The summed E-state index contributed by atoms with van der Waals surface area (Å²) in [7, 11) is 0. The maximum absolute atomic E-state index is 12.4. The summed E-state index contributed by atoms with van der Waals surface area (Å²) in [6.45, 7) is 3.93. The highest BCUT2D eigenvalue weighted by Gasteiger charge is 2.13. The largest absolute Gasteiger partial charge is 0.398 e. The highest BCUT2D eigenvalue weighted by Crippen LogP contribution is 2.23. The zero-order chi connectivity index (χ0) is 13.3. The molecule has 0 heterocycles. The zero-order valence-electron chi connectivity index (χ0n) is 10.3. The van der Waals surface area contributed by atoms with Gasteiger partial charge in [-0.05, 0) is 43.2 Å². The lowest BCUT2D eigenvalue weighted by Gasteiger charge is -2.08. The number of anilines is 1. The quantitative estimate of drug-likeness (QED) is 0.659. The monoisotopic (exact) mass is 259 g/mol. The number of nitrogen functional groups attached to an aromatic ring is 1. The van der Waals surface area contributed by atoms with E-state index in [4.69, 9.17) is 17.3 Å². The Morgan fingerprint density at radius 1 is 1.17 bits per heavy atom. The van der Waals surface area contributed by atoms with Crippen LogP contribution in [0.25, 0.3) is 0 Å². The van der Waals surface area contributed by atoms with Crippen LogP contribution < -0.4 is 5.73 Å². The summed E-state index contributed by atoms with van der Waals surface area (Å²) in [5, 5.41) is 0.465. The first-order valence-electron chi connectivity index (χ1n) is 5.66. The summed E-state index contributed by atoms with van der Waals surface area (Å²) in [6.07, 6.45) is 0. The number of aryl methyl sites for hydroxylation is 1. The number of carbonyl (C=O) groups excluding carboxylic acids is 1. The molecule has 2 nitrogen and oxygen atoms in total. The lowest BCUT2D eigenvalue weighted by Crippen LogP contribution is -2.05. The summed E-state index contributed by atoms with van der Waals surface area (Å²) in [5.74, 6) is -0.0282. The number of benzene rings is 2. The van der Waals surface area contributed by atoms with E-state index in [1.165, 1.54) is 0 Å². The van der Waals surface area contributed by atoms with Crippen LogP contribution >= 0.6 is 11.6 Å². The topological polar surface area (TPSA) is 43.1 Å². The summed E-state index contributed by atoms with van der Waals surface area (Å²) in [4.78, 5) is 12.4. The lowest BCUT2D eigenvalue weighted by atomic mass is 9.96. The predicted octanol–water partition coefficient (Wildman–Crippen LogP) is 3.77. The van der Waals surface area contributed by atoms with E-state index in [1.54, 1.807) is 18.2 Å². The van der Waals surface area contributed by atoms with E-state index in [0.717, 1.165) is 11.1 Å². The van der Waals surface area contributed by atoms with Crippen LogP contribution in [0.2, 0.25) is 5.02 Å². The Morgan fingerprint density at radius 3 is 2.56 bits per heavy atom. The lowest BCUT2D eigenvalue weighted by molar-refractivity contribution is 0.103. The van der Waals surface area contributed by atoms with Crippen molar-refractivity contribution >= 4 is 23.1 Å². The van der Waals surface area contributed by atoms with Gasteiger partial charge >= 0.3 is 0 Å². The molecular formula is C15H14ClNO. The van der Waals surface area contributed by atoms with Gasteiger partial charge < -0.3 is 5.73 Å². The van der Waals surface area contributed by atoms with E-state index in [1.807, 2.05) is 32.0 Å². The Labute approximate surface area is 111 Å². The summed E-state index contributed by atoms with van der Waals surface area (Å²) < 4.78 is 0. The first kappa shape index (κ1) is 12.7. The average Bonchev–Trinajstić information content (AvgIpc) is 2.35. The van der Waals surface area contributed by atoms with Crippen LogP contribution in [0.4, 0.5) is 5.69 Å². The zero-order valence-corrected chi connectivity index (χ0v) is 11.1. The van der Waals surface area contributed by atoms with Crippen LogP contribution in [-0.4, -0.2) is 5.78 Å². The van der Waals surface area contributed by atoms with Gasteiger partial charge in [-0.1, -0.05) is 29.8 Å². The average molecular weight is 260 g/mol. The molecule has 0 atom stereocenters. The number of hydrogen-bond acceptors (Lipinski definition) is 2. The first-order chi connectivity index (χ1) is 8.50. The third-order valence-corrected chi connectivity index (χ3v) is 3.45. The van der Waals surface area contributed by atoms with E-state index >= 15 is 0 Å². The fraction of sp³-hybridized carbons (Fsp3) is 0.133. The van der Waals surface area contributed by atoms with Gasteiger partial charge in [-0.3, -0.25) is 4.79 Å². The molecule has 0 bridgehead atoms. The second kappa shape index (κ2) is 4.83. The molecular weight excluding hydrogens is 246 g/mol. The van der Waals surface area contributed by atoms with Crippen molar-refractivity contribution in [3.8, 4) is 0 Å². The van der Waals surface area contributed by atoms with Crippen molar-refractivity contribution in [1.82, 2.24) is 0 Å². The fourth-order valence-electron chi connectivity index (χ4n) is 1.84. The highest BCUT2D eigenvalue weighted by atomic mass is 35.5. The molecule has 2 N–H and O–H groups in total.